The van der Waals surface area contributed by atoms with Crippen LogP contribution in [0.2, 0.25) is 0 Å². The first-order valence-electron chi connectivity index (χ1n) is 16.0. The van der Waals surface area contributed by atoms with Gasteiger partial charge in [0.25, 0.3) is 0 Å². The van der Waals surface area contributed by atoms with Gasteiger partial charge in [-0.25, -0.2) is 0 Å². The van der Waals surface area contributed by atoms with E-state index in [1.165, 1.54) is 36.5 Å². The first-order valence-corrected chi connectivity index (χ1v) is 25.5. The number of hydrogen-bond acceptors (Lipinski definition) is 6. The Bertz CT molecular complexity index is 2030. The third kappa shape index (κ3) is 5.25. The van der Waals surface area contributed by atoms with E-state index in [-0.39, 0.29) is 24.8 Å². The molecule has 0 spiro atoms. The Morgan fingerprint density at radius 2 is 1.28 bits per heavy atom. The second-order valence-corrected chi connectivity index (χ2v) is 22.1. The van der Waals surface area contributed by atoms with E-state index in [1.807, 2.05) is 0 Å². The van der Waals surface area contributed by atoms with E-state index in [0.29, 0.717) is 12.8 Å². The third-order valence-electron chi connectivity index (χ3n) is 9.94. The molecule has 238 valence electrons. The summed E-state index contributed by atoms with van der Waals surface area (Å²) in [4.78, 5) is 35.2. The van der Waals surface area contributed by atoms with E-state index >= 15 is 0 Å². The summed E-state index contributed by atoms with van der Waals surface area (Å²) in [6.07, 6.45) is 12.0. The number of rotatable bonds is 8. The molecular formula is C36H40ClN4O4Tl. The van der Waals surface area contributed by atoms with E-state index in [4.69, 9.17) is 27.8 Å². The van der Waals surface area contributed by atoms with E-state index in [2.05, 4.69) is 70.6 Å². The molecule has 0 saturated carbocycles. The molecule has 4 aliphatic heterocycles. The van der Waals surface area contributed by atoms with Crippen molar-refractivity contribution in [3.63, 3.8) is 0 Å². The second kappa shape index (κ2) is 12.7. The second-order valence-electron chi connectivity index (χ2n) is 12.2. The summed E-state index contributed by atoms with van der Waals surface area (Å²) in [7, 11) is 10.8. The van der Waals surface area contributed by atoms with Crippen LogP contribution in [0.25, 0.3) is 24.3 Å². The molecule has 4 aliphatic rings. The van der Waals surface area contributed by atoms with Gasteiger partial charge in [-0.3, -0.25) is 0 Å². The fourth-order valence-electron chi connectivity index (χ4n) is 7.32. The van der Waals surface area contributed by atoms with Gasteiger partial charge in [-0.1, -0.05) is 0 Å². The van der Waals surface area contributed by atoms with Gasteiger partial charge in [0.2, 0.25) is 0 Å². The first-order chi connectivity index (χ1) is 22.0. The van der Waals surface area contributed by atoms with Crippen molar-refractivity contribution in [2.45, 2.75) is 80.1 Å². The molecule has 6 bridgehead atoms. The number of nitrogens with zero attached hydrogens (tertiary/aromatic N) is 4. The zero-order valence-electron chi connectivity index (χ0n) is 27.9. The molecule has 0 saturated heterocycles. The van der Waals surface area contributed by atoms with Gasteiger partial charge in [-0.2, -0.15) is 0 Å². The summed E-state index contributed by atoms with van der Waals surface area (Å²) in [5.74, 6) is -0.514. The summed E-state index contributed by atoms with van der Waals surface area (Å²) >= 11 is -3.71. The van der Waals surface area contributed by atoms with E-state index < -0.39 is 22.1 Å². The Hall–Kier alpha value is -3.25. The molecule has 2 aromatic rings. The van der Waals surface area contributed by atoms with Crippen molar-refractivity contribution >= 4 is 78.1 Å². The van der Waals surface area contributed by atoms with Crippen LogP contribution in [0.3, 0.4) is 0 Å². The molecule has 0 aromatic carbocycles. The molecule has 0 amide bonds. The minimum absolute atomic E-state index is 0.248. The molecule has 2 aromatic heterocycles. The summed E-state index contributed by atoms with van der Waals surface area (Å²) in [6.45, 7) is 12.9. The van der Waals surface area contributed by atoms with Crippen molar-refractivity contribution in [2.75, 3.05) is 14.2 Å². The van der Waals surface area contributed by atoms with Gasteiger partial charge >= 0.3 is 284 Å². The van der Waals surface area contributed by atoms with Crippen LogP contribution in [-0.2, 0) is 31.9 Å². The number of halogens is 1. The summed E-state index contributed by atoms with van der Waals surface area (Å²) in [5.41, 5.74) is 14.8. The number of esters is 2. The minimum atomic E-state index is -3.71. The van der Waals surface area contributed by atoms with Crippen molar-refractivity contribution in [2.24, 2.45) is 9.98 Å². The van der Waals surface area contributed by atoms with Gasteiger partial charge < -0.3 is 0 Å². The third-order valence-corrected chi connectivity index (χ3v) is 21.0. The number of allylic oxidation sites excluding steroid dienone is 4. The number of carbonyl (C=O) groups is 2. The summed E-state index contributed by atoms with van der Waals surface area (Å²) in [5, 5.41) is 2.21. The maximum absolute atomic E-state index is 12.5. The Morgan fingerprint density at radius 3 is 1.89 bits per heavy atom. The monoisotopic (exact) mass is 832 g/mol. The van der Waals surface area contributed by atoms with Crippen LogP contribution in [0.1, 0.15) is 87.0 Å². The van der Waals surface area contributed by atoms with Crippen LogP contribution in [0, 0.1) is 13.8 Å². The first kappa shape index (κ1) is 32.7. The number of methoxy groups -OCH3 is 2. The molecule has 46 heavy (non-hydrogen) atoms. The quantitative estimate of drug-likeness (QED) is 0.265. The van der Waals surface area contributed by atoms with Crippen molar-refractivity contribution in [1.29, 1.82) is 0 Å². The Morgan fingerprint density at radius 1 is 0.717 bits per heavy atom. The number of hydrogen-bond donors (Lipinski definition) is 0. The molecular weight excluding hydrogens is 792 g/mol. The number of carbonyl (C=O) groups excluding carboxylic acids is 2. The molecule has 0 fully saturated rings. The van der Waals surface area contributed by atoms with Crippen molar-refractivity contribution in [3.8, 4) is 0 Å². The molecule has 0 atom stereocenters. The summed E-state index contributed by atoms with van der Waals surface area (Å²) < 4.78 is 14.9. The number of ether oxygens (including phenoxy) is 2. The van der Waals surface area contributed by atoms with Crippen LogP contribution in [0.4, 0.5) is 0 Å². The van der Waals surface area contributed by atoms with Crippen LogP contribution in [0.5, 0.6) is 0 Å². The SMILES string of the molecule is CCC1=C(C)C2=NC1=Cc1c(C)c(CCC(=O)OC)c3[n]1[Tl]([Cl])[n]1c(c(C)c(CC)c1=C2)=CC1=NC(=C3)C(CCC(=O)OC)=C1C. The van der Waals surface area contributed by atoms with Gasteiger partial charge in [-0.05, 0) is 0 Å². The Balaban J connectivity index is 1.78. The molecule has 0 aliphatic carbocycles. The Labute approximate surface area is 282 Å². The van der Waals surface area contributed by atoms with Crippen LogP contribution >= 0.6 is 8.32 Å². The fourth-order valence-corrected chi connectivity index (χ4v) is 19.4. The van der Waals surface area contributed by atoms with Crippen LogP contribution in [0.15, 0.2) is 43.7 Å². The van der Waals surface area contributed by atoms with Crippen molar-refractivity contribution in [1.82, 2.24) is 4.75 Å². The molecule has 6 rings (SSSR count). The number of aromatic nitrogens is 2. The zero-order valence-corrected chi connectivity index (χ0v) is 33.2. The van der Waals surface area contributed by atoms with Gasteiger partial charge in [-0.15, -0.1) is 0 Å². The van der Waals surface area contributed by atoms with Gasteiger partial charge in [0.1, 0.15) is 0 Å². The molecule has 0 radical (unpaired) electrons. The van der Waals surface area contributed by atoms with Crippen molar-refractivity contribution in [3.05, 3.63) is 78.0 Å². The topological polar surface area (TPSA) is 87.2 Å². The molecule has 0 unspecified atom stereocenters. The predicted molar refractivity (Wildman–Crippen MR) is 186 cm³/mol. The van der Waals surface area contributed by atoms with Gasteiger partial charge in [0.05, 0.1) is 0 Å². The average Bonchev–Trinajstić information content (AvgIpc) is 3.68. The van der Waals surface area contributed by atoms with E-state index in [0.717, 1.165) is 80.0 Å². The normalized spacial score (nSPS) is 16.4. The average molecular weight is 833 g/mol. The summed E-state index contributed by atoms with van der Waals surface area (Å²) in [6, 6.07) is 0. The molecule has 6 heterocycles. The fraction of sp³-hybridized carbons (Fsp3) is 0.389. The standard InChI is InChI=1S/C36H40N4O4.ClH.Tl/c1-9-23-19(3)27-15-28-21(5)25(11-13-35(41)43-7)33(39-28)18-34-26(12-14-36(42)44-8)22(6)30(40-34)17-32-24(10-2)20(4)29(38-32)16-31(23)37-27;;/h15-18H,9-14H2,1-8H3;1H;/q-2;;+3/p-1. The van der Waals surface area contributed by atoms with E-state index in [1.54, 1.807) is 0 Å². The molecule has 0 N–H and O–H groups in total. The Kier molecular flexibility index (Phi) is 9.06. The number of aliphatic imine (C=N–C) groups is 2. The predicted octanol–water partition coefficient (Wildman–Crippen LogP) is 5.37. The van der Waals surface area contributed by atoms with E-state index in [9.17, 15) is 9.59 Å². The maximum atomic E-state index is 12.5. The zero-order chi connectivity index (χ0) is 33.0. The molecule has 8 nitrogen and oxygen atoms in total. The van der Waals surface area contributed by atoms with Crippen LogP contribution in [-0.4, -0.2) is 64.4 Å². The van der Waals surface area contributed by atoms with Gasteiger partial charge in [0, 0.05) is 0 Å². The number of fused-ring (bicyclic) bond motifs is 2. The van der Waals surface area contributed by atoms with Crippen molar-refractivity contribution < 1.29 is 19.1 Å². The van der Waals surface area contributed by atoms with Crippen LogP contribution < -0.4 is 10.7 Å². The molecule has 10 heteroatoms. The van der Waals surface area contributed by atoms with Gasteiger partial charge in [0.15, 0.2) is 0 Å².